The number of amides is 2. The van der Waals surface area contributed by atoms with Crippen LogP contribution in [0.15, 0.2) is 36.5 Å². The summed E-state index contributed by atoms with van der Waals surface area (Å²) in [6.07, 6.45) is 4.02. The van der Waals surface area contributed by atoms with Crippen molar-refractivity contribution in [2.45, 2.75) is 18.8 Å². The number of rotatable bonds is 2. The van der Waals surface area contributed by atoms with Gasteiger partial charge in [-0.3, -0.25) is 10.00 Å². The second-order valence-corrected chi connectivity index (χ2v) is 6.96. The van der Waals surface area contributed by atoms with Gasteiger partial charge in [0.25, 0.3) is 0 Å². The van der Waals surface area contributed by atoms with Crippen molar-refractivity contribution in [2.75, 3.05) is 18.4 Å². The molecule has 1 fully saturated rings. The molecule has 1 atom stereocenters. The molecule has 3 heterocycles. The van der Waals surface area contributed by atoms with Gasteiger partial charge in [-0.15, -0.1) is 0 Å². The lowest BCUT2D eigenvalue weighted by Crippen LogP contribution is -2.41. The number of fused-ring (bicyclic) bond motifs is 1. The molecule has 1 aromatic carbocycles. The van der Waals surface area contributed by atoms with Crippen molar-refractivity contribution in [3.05, 3.63) is 42.2 Å². The molecule has 1 N–H and O–H groups in total. The number of carbonyl (C=O) groups excluding carboxylic acids is 1. The number of carbonyl (C=O) groups is 1. The molecule has 0 saturated carbocycles. The number of hydrogen-bond donors (Lipinski definition) is 1. The van der Waals surface area contributed by atoms with Gasteiger partial charge >= 0.3 is 6.03 Å². The van der Waals surface area contributed by atoms with Crippen molar-refractivity contribution in [3.8, 4) is 0 Å². The van der Waals surface area contributed by atoms with E-state index in [1.165, 1.54) is 11.5 Å². The van der Waals surface area contributed by atoms with E-state index in [1.54, 1.807) is 0 Å². The Morgan fingerprint density at radius 3 is 3.04 bits per heavy atom. The van der Waals surface area contributed by atoms with Gasteiger partial charge in [-0.1, -0.05) is 12.1 Å². The fraction of sp³-hybridized carbons (Fsp3) is 0.353. The highest BCUT2D eigenvalue weighted by molar-refractivity contribution is 7.13. The SMILES string of the molecule is Cn1ccc(C2CCCN(C(=O)Nc3nsc4ccccc34)C2)n1. The molecule has 3 aromatic rings. The molecular weight excluding hydrogens is 322 g/mol. The highest BCUT2D eigenvalue weighted by atomic mass is 32.1. The molecule has 4 rings (SSSR count). The molecule has 24 heavy (non-hydrogen) atoms. The quantitative estimate of drug-likeness (QED) is 0.776. The number of hydrogen-bond acceptors (Lipinski definition) is 4. The predicted octanol–water partition coefficient (Wildman–Crippen LogP) is 3.44. The summed E-state index contributed by atoms with van der Waals surface area (Å²) in [6, 6.07) is 9.91. The Morgan fingerprint density at radius 2 is 2.21 bits per heavy atom. The highest BCUT2D eigenvalue weighted by Gasteiger charge is 2.26. The van der Waals surface area contributed by atoms with E-state index < -0.39 is 0 Å². The first-order valence-electron chi connectivity index (χ1n) is 8.10. The molecular formula is C17H19N5OS. The Kier molecular flexibility index (Phi) is 3.93. The van der Waals surface area contributed by atoms with Gasteiger partial charge in [0.2, 0.25) is 0 Å². The minimum absolute atomic E-state index is 0.0771. The van der Waals surface area contributed by atoms with Crippen LogP contribution in [0.25, 0.3) is 10.1 Å². The molecule has 6 nitrogen and oxygen atoms in total. The molecule has 0 bridgehead atoms. The van der Waals surface area contributed by atoms with E-state index >= 15 is 0 Å². The number of benzene rings is 1. The highest BCUT2D eigenvalue weighted by Crippen LogP contribution is 2.28. The molecule has 1 saturated heterocycles. The minimum atomic E-state index is -0.0771. The van der Waals surface area contributed by atoms with Crippen LogP contribution >= 0.6 is 11.5 Å². The summed E-state index contributed by atoms with van der Waals surface area (Å²) in [6.45, 7) is 1.47. The third kappa shape index (κ3) is 2.87. The summed E-state index contributed by atoms with van der Waals surface area (Å²) < 4.78 is 7.27. The summed E-state index contributed by atoms with van der Waals surface area (Å²) >= 11 is 1.41. The lowest BCUT2D eigenvalue weighted by molar-refractivity contribution is 0.192. The van der Waals surface area contributed by atoms with E-state index in [2.05, 4.69) is 14.8 Å². The maximum atomic E-state index is 12.6. The van der Waals surface area contributed by atoms with Crippen molar-refractivity contribution < 1.29 is 4.79 Å². The molecule has 2 amide bonds. The molecule has 124 valence electrons. The van der Waals surface area contributed by atoms with Crippen LogP contribution in [0.1, 0.15) is 24.5 Å². The lowest BCUT2D eigenvalue weighted by Gasteiger charge is -2.31. The Hall–Kier alpha value is -2.41. The van der Waals surface area contributed by atoms with Gasteiger partial charge in [-0.25, -0.2) is 4.79 Å². The Morgan fingerprint density at radius 1 is 1.33 bits per heavy atom. The largest absolute Gasteiger partial charge is 0.324 e. The zero-order valence-electron chi connectivity index (χ0n) is 13.5. The van der Waals surface area contributed by atoms with Gasteiger partial charge < -0.3 is 4.90 Å². The minimum Gasteiger partial charge on any atom is -0.324 e. The summed E-state index contributed by atoms with van der Waals surface area (Å²) in [5.74, 6) is 0.957. The second kappa shape index (κ2) is 6.24. The summed E-state index contributed by atoms with van der Waals surface area (Å²) in [4.78, 5) is 14.5. The molecule has 1 unspecified atom stereocenters. The summed E-state index contributed by atoms with van der Waals surface area (Å²) in [5.41, 5.74) is 1.06. The first-order chi connectivity index (χ1) is 11.7. The molecule has 2 aromatic heterocycles. The van der Waals surface area contributed by atoms with Crippen LogP contribution in [0.4, 0.5) is 10.6 Å². The van der Waals surface area contributed by atoms with Gasteiger partial charge in [0.1, 0.15) is 0 Å². The maximum Gasteiger partial charge on any atom is 0.323 e. The van der Waals surface area contributed by atoms with Crippen LogP contribution in [0.3, 0.4) is 0 Å². The smallest absolute Gasteiger partial charge is 0.323 e. The van der Waals surface area contributed by atoms with Crippen molar-refractivity contribution in [1.82, 2.24) is 19.1 Å². The van der Waals surface area contributed by atoms with Crippen LogP contribution < -0.4 is 5.32 Å². The number of likely N-dealkylation sites (tertiary alicyclic amines) is 1. The zero-order chi connectivity index (χ0) is 16.5. The fourth-order valence-corrected chi connectivity index (χ4v) is 3.95. The van der Waals surface area contributed by atoms with E-state index in [9.17, 15) is 4.79 Å². The standard InChI is InChI=1S/C17H19N5OS/c1-21-10-8-14(19-21)12-5-4-9-22(11-12)17(23)18-16-13-6-2-3-7-15(13)24-20-16/h2-3,6-8,10,12H,4-5,9,11H2,1H3,(H,18,20,23). The van der Waals surface area contributed by atoms with Crippen LogP contribution in [-0.2, 0) is 7.05 Å². The third-order valence-corrected chi connectivity index (χ3v) is 5.29. The van der Waals surface area contributed by atoms with Gasteiger partial charge in [0, 0.05) is 37.6 Å². The first-order valence-corrected chi connectivity index (χ1v) is 8.88. The Bertz CT molecular complexity index is 871. The van der Waals surface area contributed by atoms with E-state index in [0.29, 0.717) is 18.3 Å². The number of aryl methyl sites for hydroxylation is 1. The predicted molar refractivity (Wildman–Crippen MR) is 95.4 cm³/mol. The van der Waals surface area contributed by atoms with Crippen LogP contribution in [0.2, 0.25) is 0 Å². The third-order valence-electron chi connectivity index (χ3n) is 4.46. The normalized spacial score (nSPS) is 18.0. The fourth-order valence-electron chi connectivity index (χ4n) is 3.21. The average molecular weight is 341 g/mol. The first kappa shape index (κ1) is 15.1. The maximum absolute atomic E-state index is 12.6. The van der Waals surface area contributed by atoms with Gasteiger partial charge in [0.15, 0.2) is 5.82 Å². The van der Waals surface area contributed by atoms with E-state index in [4.69, 9.17) is 0 Å². The number of aromatic nitrogens is 3. The van der Waals surface area contributed by atoms with E-state index in [1.807, 2.05) is 53.2 Å². The molecule has 0 spiro atoms. The Balaban J connectivity index is 1.48. The van der Waals surface area contributed by atoms with Gasteiger partial charge in [-0.2, -0.15) is 9.47 Å². The van der Waals surface area contributed by atoms with E-state index in [-0.39, 0.29) is 6.03 Å². The number of nitrogens with zero attached hydrogens (tertiary/aromatic N) is 4. The number of piperidine rings is 1. The second-order valence-electron chi connectivity index (χ2n) is 6.16. The number of anilines is 1. The van der Waals surface area contributed by atoms with Crippen molar-refractivity contribution >= 4 is 33.5 Å². The molecule has 1 aliphatic rings. The van der Waals surface area contributed by atoms with Crippen molar-refractivity contribution in [3.63, 3.8) is 0 Å². The Labute approximate surface area is 144 Å². The van der Waals surface area contributed by atoms with Gasteiger partial charge in [-0.05, 0) is 42.6 Å². The van der Waals surface area contributed by atoms with E-state index in [0.717, 1.165) is 35.2 Å². The molecule has 1 aliphatic heterocycles. The van der Waals surface area contributed by atoms with Crippen LogP contribution in [0, 0.1) is 0 Å². The molecule has 0 aliphatic carbocycles. The summed E-state index contributed by atoms with van der Waals surface area (Å²) in [5, 5.41) is 8.46. The molecule has 7 heteroatoms. The average Bonchev–Trinajstić information content (AvgIpc) is 3.22. The zero-order valence-corrected chi connectivity index (χ0v) is 14.3. The van der Waals surface area contributed by atoms with Crippen molar-refractivity contribution in [1.29, 1.82) is 0 Å². The summed E-state index contributed by atoms with van der Waals surface area (Å²) in [7, 11) is 1.92. The number of urea groups is 1. The van der Waals surface area contributed by atoms with Crippen molar-refractivity contribution in [2.24, 2.45) is 7.05 Å². The monoisotopic (exact) mass is 341 g/mol. The molecule has 0 radical (unpaired) electrons. The van der Waals surface area contributed by atoms with Gasteiger partial charge in [0.05, 0.1) is 10.4 Å². The van der Waals surface area contributed by atoms with Crippen LogP contribution in [0.5, 0.6) is 0 Å². The lowest BCUT2D eigenvalue weighted by atomic mass is 9.95. The topological polar surface area (TPSA) is 63.1 Å². The van der Waals surface area contributed by atoms with Crippen LogP contribution in [-0.4, -0.2) is 38.2 Å². The number of nitrogens with one attached hydrogen (secondary N) is 1.